The van der Waals surface area contributed by atoms with Crippen molar-refractivity contribution in [2.45, 2.75) is 64.6 Å². The zero-order chi connectivity index (χ0) is 24.7. The minimum atomic E-state index is -3.71. The van der Waals surface area contributed by atoms with Crippen LogP contribution in [0.1, 0.15) is 50.2 Å². The van der Waals surface area contributed by atoms with Crippen LogP contribution in [0.2, 0.25) is 0 Å². The molecule has 2 amide bonds. The summed E-state index contributed by atoms with van der Waals surface area (Å²) in [7, 11) is -3.71. The summed E-state index contributed by atoms with van der Waals surface area (Å²) >= 11 is 0. The normalized spacial score (nSPS) is 15.0. The molecule has 1 aliphatic carbocycles. The van der Waals surface area contributed by atoms with E-state index in [1.165, 1.54) is 4.90 Å². The largest absolute Gasteiger partial charge is 0.352 e. The van der Waals surface area contributed by atoms with E-state index in [1.54, 1.807) is 30.3 Å². The number of carbonyl (C=O) groups is 2. The maximum absolute atomic E-state index is 13.6. The lowest BCUT2D eigenvalue weighted by Gasteiger charge is -2.33. The van der Waals surface area contributed by atoms with Gasteiger partial charge < -0.3 is 10.2 Å². The van der Waals surface area contributed by atoms with Crippen molar-refractivity contribution in [2.24, 2.45) is 0 Å². The van der Waals surface area contributed by atoms with Crippen LogP contribution in [0.25, 0.3) is 0 Å². The summed E-state index contributed by atoms with van der Waals surface area (Å²) in [5, 5.41) is 3.11. The third kappa shape index (κ3) is 6.82. The van der Waals surface area contributed by atoms with Crippen molar-refractivity contribution in [1.29, 1.82) is 0 Å². The molecule has 0 bridgehead atoms. The third-order valence-electron chi connectivity index (χ3n) is 6.25. The Hall–Kier alpha value is -2.87. The fraction of sp³-hybridized carbons (Fsp3) is 0.462. The van der Waals surface area contributed by atoms with Crippen molar-refractivity contribution in [3.63, 3.8) is 0 Å². The van der Waals surface area contributed by atoms with Gasteiger partial charge >= 0.3 is 0 Å². The minimum absolute atomic E-state index is 0.134. The number of aryl methyl sites for hydroxylation is 1. The van der Waals surface area contributed by atoms with Crippen molar-refractivity contribution in [1.82, 2.24) is 10.2 Å². The Bertz CT molecular complexity index is 1080. The highest BCUT2D eigenvalue weighted by Crippen LogP contribution is 2.21. The smallest absolute Gasteiger partial charge is 0.244 e. The van der Waals surface area contributed by atoms with Crippen LogP contribution in [0.15, 0.2) is 54.6 Å². The SMILES string of the molecule is CCC(C(=O)NC1CCCC1)N(Cc1cccc(C)c1)C(=O)CN(c1ccccc1)S(C)(=O)=O. The quantitative estimate of drug-likeness (QED) is 0.557. The first kappa shape index (κ1) is 25.7. The summed E-state index contributed by atoms with van der Waals surface area (Å²) < 4.78 is 26.2. The van der Waals surface area contributed by atoms with E-state index in [-0.39, 0.29) is 25.0 Å². The molecular weight excluding hydrogens is 450 g/mol. The van der Waals surface area contributed by atoms with E-state index in [4.69, 9.17) is 0 Å². The highest BCUT2D eigenvalue weighted by Gasteiger charge is 2.32. The Kier molecular flexibility index (Phi) is 8.72. The molecule has 7 nitrogen and oxygen atoms in total. The van der Waals surface area contributed by atoms with Gasteiger partial charge in [-0.3, -0.25) is 13.9 Å². The molecule has 0 saturated heterocycles. The van der Waals surface area contributed by atoms with Crippen LogP contribution in [0.5, 0.6) is 0 Å². The molecule has 34 heavy (non-hydrogen) atoms. The number of hydrogen-bond acceptors (Lipinski definition) is 4. The molecule has 1 N–H and O–H groups in total. The highest BCUT2D eigenvalue weighted by atomic mass is 32.2. The Labute approximate surface area is 203 Å². The van der Waals surface area contributed by atoms with Gasteiger partial charge in [-0.15, -0.1) is 0 Å². The zero-order valence-corrected chi connectivity index (χ0v) is 21.1. The van der Waals surface area contributed by atoms with Gasteiger partial charge in [0.15, 0.2) is 0 Å². The Morgan fingerprint density at radius 2 is 1.74 bits per heavy atom. The van der Waals surface area contributed by atoms with E-state index in [2.05, 4.69) is 5.32 Å². The molecular formula is C26H35N3O4S. The standard InChI is InChI=1S/C26H35N3O4S/c1-4-24(26(31)27-22-13-8-9-14-22)28(18-21-12-10-11-20(2)17-21)25(30)19-29(34(3,32)33)23-15-6-5-7-16-23/h5-7,10-12,15-17,22,24H,4,8-9,13-14,18-19H2,1-3H3,(H,27,31). The number of sulfonamides is 1. The van der Waals surface area contributed by atoms with Gasteiger partial charge in [-0.05, 0) is 43.9 Å². The molecule has 0 heterocycles. The van der Waals surface area contributed by atoms with Gasteiger partial charge in [0, 0.05) is 12.6 Å². The lowest BCUT2D eigenvalue weighted by atomic mass is 10.1. The maximum Gasteiger partial charge on any atom is 0.244 e. The van der Waals surface area contributed by atoms with E-state index in [0.29, 0.717) is 12.1 Å². The summed E-state index contributed by atoms with van der Waals surface area (Å²) in [5.74, 6) is -0.592. The van der Waals surface area contributed by atoms with Crippen LogP contribution in [-0.2, 0) is 26.2 Å². The maximum atomic E-state index is 13.6. The molecule has 0 spiro atoms. The number of benzene rings is 2. The topological polar surface area (TPSA) is 86.8 Å². The summed E-state index contributed by atoms with van der Waals surface area (Å²) in [6.07, 6.45) is 5.60. The first-order chi connectivity index (χ1) is 16.2. The average Bonchev–Trinajstić information content (AvgIpc) is 3.30. The second kappa shape index (κ2) is 11.5. The summed E-state index contributed by atoms with van der Waals surface area (Å²) in [4.78, 5) is 28.4. The van der Waals surface area contributed by atoms with Crippen LogP contribution in [-0.4, -0.2) is 50.0 Å². The van der Waals surface area contributed by atoms with Crippen LogP contribution in [0.3, 0.4) is 0 Å². The van der Waals surface area contributed by atoms with Crippen molar-refractivity contribution >= 4 is 27.5 Å². The molecule has 2 aromatic rings. The van der Waals surface area contributed by atoms with Crippen LogP contribution < -0.4 is 9.62 Å². The van der Waals surface area contributed by atoms with Gasteiger partial charge in [0.25, 0.3) is 0 Å². The molecule has 1 aliphatic rings. The number of nitrogens with zero attached hydrogens (tertiary/aromatic N) is 2. The Morgan fingerprint density at radius 1 is 1.06 bits per heavy atom. The lowest BCUT2D eigenvalue weighted by Crippen LogP contribution is -2.53. The first-order valence-corrected chi connectivity index (χ1v) is 13.7. The predicted molar refractivity (Wildman–Crippen MR) is 135 cm³/mol. The van der Waals surface area contributed by atoms with Crippen molar-refractivity contribution in [3.05, 3.63) is 65.7 Å². The molecule has 1 fully saturated rings. The molecule has 1 unspecified atom stereocenters. The van der Waals surface area contributed by atoms with E-state index in [0.717, 1.165) is 47.4 Å². The van der Waals surface area contributed by atoms with Gasteiger partial charge in [0.2, 0.25) is 21.8 Å². The number of hydrogen-bond donors (Lipinski definition) is 1. The van der Waals surface area contributed by atoms with Crippen molar-refractivity contribution in [2.75, 3.05) is 17.1 Å². The number of amides is 2. The van der Waals surface area contributed by atoms with Crippen LogP contribution in [0, 0.1) is 6.92 Å². The third-order valence-corrected chi connectivity index (χ3v) is 7.39. The molecule has 0 radical (unpaired) electrons. The number of rotatable bonds is 10. The Balaban J connectivity index is 1.90. The summed E-state index contributed by atoms with van der Waals surface area (Å²) in [5.41, 5.74) is 2.36. The van der Waals surface area contributed by atoms with Gasteiger partial charge in [0.1, 0.15) is 12.6 Å². The molecule has 0 aromatic heterocycles. The molecule has 1 atom stereocenters. The van der Waals surface area contributed by atoms with E-state index >= 15 is 0 Å². The second-order valence-corrected chi connectivity index (χ2v) is 10.9. The molecule has 2 aromatic carbocycles. The number of nitrogens with one attached hydrogen (secondary N) is 1. The van der Waals surface area contributed by atoms with Crippen LogP contribution in [0.4, 0.5) is 5.69 Å². The predicted octanol–water partition coefficient (Wildman–Crippen LogP) is 3.63. The van der Waals surface area contributed by atoms with Crippen molar-refractivity contribution < 1.29 is 18.0 Å². The number of para-hydroxylation sites is 1. The number of anilines is 1. The lowest BCUT2D eigenvalue weighted by molar-refractivity contribution is -0.140. The molecule has 0 aliphatic heterocycles. The molecule has 3 rings (SSSR count). The van der Waals surface area contributed by atoms with E-state index < -0.39 is 22.0 Å². The highest BCUT2D eigenvalue weighted by molar-refractivity contribution is 7.92. The van der Waals surface area contributed by atoms with Crippen molar-refractivity contribution in [3.8, 4) is 0 Å². The summed E-state index contributed by atoms with van der Waals surface area (Å²) in [6, 6.07) is 15.8. The second-order valence-electron chi connectivity index (χ2n) is 9.03. The van der Waals surface area contributed by atoms with Gasteiger partial charge in [0.05, 0.1) is 11.9 Å². The van der Waals surface area contributed by atoms with E-state index in [1.807, 2.05) is 38.1 Å². The fourth-order valence-electron chi connectivity index (χ4n) is 4.50. The zero-order valence-electron chi connectivity index (χ0n) is 20.2. The van der Waals surface area contributed by atoms with E-state index in [9.17, 15) is 18.0 Å². The minimum Gasteiger partial charge on any atom is -0.352 e. The molecule has 1 saturated carbocycles. The monoisotopic (exact) mass is 485 g/mol. The van der Waals surface area contributed by atoms with Gasteiger partial charge in [-0.25, -0.2) is 8.42 Å². The Morgan fingerprint density at radius 3 is 2.32 bits per heavy atom. The fourth-order valence-corrected chi connectivity index (χ4v) is 5.35. The van der Waals surface area contributed by atoms with Gasteiger partial charge in [-0.2, -0.15) is 0 Å². The first-order valence-electron chi connectivity index (χ1n) is 11.9. The molecule has 8 heteroatoms. The number of carbonyl (C=O) groups excluding carboxylic acids is 2. The van der Waals surface area contributed by atoms with Gasteiger partial charge in [-0.1, -0.05) is 67.8 Å². The summed E-state index contributed by atoms with van der Waals surface area (Å²) in [6.45, 7) is 3.70. The molecule has 184 valence electrons. The average molecular weight is 486 g/mol. The van der Waals surface area contributed by atoms with Crippen LogP contribution >= 0.6 is 0 Å².